The van der Waals surface area contributed by atoms with E-state index in [1.165, 1.54) is 7.11 Å². The zero-order valence-electron chi connectivity index (χ0n) is 30.6. The van der Waals surface area contributed by atoms with Crippen molar-refractivity contribution in [3.8, 4) is 22.9 Å². The van der Waals surface area contributed by atoms with E-state index < -0.39 is 74.0 Å². The number of hydrogen-bond acceptors (Lipinski definition) is 9. The molecular weight excluding hydrogens is 744 g/mol. The Bertz CT molecular complexity index is 1970. The number of fused-ring (bicyclic) bond motifs is 4. The van der Waals surface area contributed by atoms with Gasteiger partial charge < -0.3 is 23.8 Å². The fraction of sp³-hybridized carbons (Fsp3) is 0.595. The number of ether oxygens (including phenoxy) is 4. The average Bonchev–Trinajstić information content (AvgIpc) is 3.66. The molecule has 0 radical (unpaired) electrons. The Morgan fingerprint density at radius 1 is 1.07 bits per heavy atom. The Labute approximate surface area is 313 Å². The number of piperazine rings is 1. The quantitative estimate of drug-likeness (QED) is 0.166. The van der Waals surface area contributed by atoms with Crippen LogP contribution in [0.3, 0.4) is 0 Å². The van der Waals surface area contributed by atoms with Crippen LogP contribution in [0, 0.1) is 11.6 Å². The Morgan fingerprint density at radius 3 is 2.52 bits per heavy atom. The number of rotatable bonds is 8. The maximum Gasteiger partial charge on any atom is 0.418 e. The molecular formula is C37H42ClF6N5O5. The highest BCUT2D eigenvalue weighted by Crippen LogP contribution is 2.48. The normalized spacial score (nSPS) is 25.8. The molecule has 4 aliphatic heterocycles. The molecule has 54 heavy (non-hydrogen) atoms. The monoisotopic (exact) mass is 785 g/mol. The molecule has 4 atom stereocenters. The van der Waals surface area contributed by atoms with Gasteiger partial charge in [0.05, 0.1) is 33.3 Å². The molecule has 1 amide bonds. The van der Waals surface area contributed by atoms with E-state index in [0.29, 0.717) is 25.8 Å². The Kier molecular flexibility index (Phi) is 9.82. The minimum Gasteiger partial charge on any atom is -0.467 e. The number of carbonyl (C=O) groups excluding carboxylic acids is 1. The van der Waals surface area contributed by atoms with Gasteiger partial charge in [0.2, 0.25) is 0 Å². The number of methoxy groups -OCH3 is 1. The van der Waals surface area contributed by atoms with Gasteiger partial charge in [0.15, 0.2) is 12.6 Å². The first-order valence-electron chi connectivity index (χ1n) is 17.8. The van der Waals surface area contributed by atoms with Crippen LogP contribution in [-0.4, -0.2) is 101 Å². The second-order valence-corrected chi connectivity index (χ2v) is 16.3. The molecule has 4 fully saturated rings. The van der Waals surface area contributed by atoms with Crippen LogP contribution in [0.1, 0.15) is 65.4 Å². The summed E-state index contributed by atoms with van der Waals surface area (Å²) in [5, 5.41) is -0.960. The van der Waals surface area contributed by atoms with Crippen LogP contribution in [0.25, 0.3) is 22.0 Å². The SMILES string of the molecule is COCOc1cc(Cl)c(C(F)(F)F)c(-c2c(F)cc3c(N4C[C@H]5CC[C@@](C)(C4)N5C(=O)OC(C)(C)C)nc(OC[C@@]45CCCN4C[C@H](F)C5)nc3c2F)c1. The summed E-state index contributed by atoms with van der Waals surface area (Å²) in [6.45, 7) is 8.16. The number of benzene rings is 2. The van der Waals surface area contributed by atoms with E-state index in [-0.39, 0.29) is 68.5 Å². The van der Waals surface area contributed by atoms with Crippen molar-refractivity contribution in [3.63, 3.8) is 0 Å². The lowest BCUT2D eigenvalue weighted by molar-refractivity contribution is -0.137. The van der Waals surface area contributed by atoms with Crippen LogP contribution in [0.5, 0.6) is 11.8 Å². The van der Waals surface area contributed by atoms with Crippen molar-refractivity contribution in [1.82, 2.24) is 19.8 Å². The molecule has 2 bridgehead atoms. The number of aromatic nitrogens is 2. The van der Waals surface area contributed by atoms with E-state index in [1.807, 2.05) is 11.8 Å². The number of hydrogen-bond donors (Lipinski definition) is 0. The topological polar surface area (TPSA) is 89.5 Å². The summed E-state index contributed by atoms with van der Waals surface area (Å²) in [5.41, 5.74) is -6.04. The van der Waals surface area contributed by atoms with Crippen molar-refractivity contribution in [2.45, 2.75) is 94.9 Å². The Morgan fingerprint density at radius 2 is 1.83 bits per heavy atom. The number of carbonyl (C=O) groups is 1. The van der Waals surface area contributed by atoms with Crippen molar-refractivity contribution < 1.29 is 50.1 Å². The molecule has 294 valence electrons. The second-order valence-electron chi connectivity index (χ2n) is 15.9. The first kappa shape index (κ1) is 38.5. The molecule has 2 aromatic carbocycles. The number of anilines is 1. The van der Waals surface area contributed by atoms with E-state index in [2.05, 4.69) is 9.97 Å². The fourth-order valence-corrected chi connectivity index (χ4v) is 9.02. The van der Waals surface area contributed by atoms with Gasteiger partial charge in [-0.05, 0) is 78.1 Å². The number of amides is 1. The van der Waals surface area contributed by atoms with Crippen molar-refractivity contribution in [2.24, 2.45) is 0 Å². The molecule has 0 N–H and O–H groups in total. The summed E-state index contributed by atoms with van der Waals surface area (Å²) in [6.07, 6.45) is -3.70. The lowest BCUT2D eigenvalue weighted by atomic mass is 9.95. The van der Waals surface area contributed by atoms with Crippen molar-refractivity contribution in [1.29, 1.82) is 0 Å². The smallest absolute Gasteiger partial charge is 0.418 e. The average molecular weight is 786 g/mol. The van der Waals surface area contributed by atoms with Crippen LogP contribution in [0.4, 0.5) is 37.0 Å². The third-order valence-corrected chi connectivity index (χ3v) is 11.1. The lowest BCUT2D eigenvalue weighted by Crippen LogP contribution is -2.63. The Hall–Kier alpha value is -3.76. The molecule has 0 saturated carbocycles. The molecule has 10 nitrogen and oxygen atoms in total. The van der Waals surface area contributed by atoms with E-state index in [9.17, 15) is 22.4 Å². The number of nitrogens with zero attached hydrogens (tertiary/aromatic N) is 5. The number of alkyl halides is 4. The summed E-state index contributed by atoms with van der Waals surface area (Å²) in [5.74, 6) is -2.88. The van der Waals surface area contributed by atoms with Gasteiger partial charge in [0, 0.05) is 44.1 Å². The third kappa shape index (κ3) is 6.97. The van der Waals surface area contributed by atoms with Gasteiger partial charge >= 0.3 is 18.3 Å². The molecule has 5 heterocycles. The molecule has 0 aliphatic carbocycles. The first-order chi connectivity index (χ1) is 25.3. The molecule has 17 heteroatoms. The van der Waals surface area contributed by atoms with E-state index in [0.717, 1.165) is 24.6 Å². The van der Waals surface area contributed by atoms with Gasteiger partial charge in [0.25, 0.3) is 0 Å². The number of halogens is 7. The van der Waals surface area contributed by atoms with Gasteiger partial charge in [-0.15, -0.1) is 0 Å². The van der Waals surface area contributed by atoms with Gasteiger partial charge in [-0.3, -0.25) is 9.80 Å². The zero-order valence-corrected chi connectivity index (χ0v) is 31.3. The standard InChI is InChI=1S/C37H42ClF6N5O5/c1-34(2,3)54-33(50)49-21-7-9-35(49,4)17-47(16-21)31-24-13-26(40)27(23-11-22(53-19-51-5)12-25(38)28(23)37(42,43)44)29(41)30(24)45-32(46-31)52-18-36-8-6-10-48(36)15-20(39)14-36/h11-13,20-21H,6-10,14-19H2,1-5H3/t20-,21-,35+,36+/m1/s1. The maximum atomic E-state index is 17.0. The third-order valence-electron chi connectivity index (χ3n) is 10.8. The van der Waals surface area contributed by atoms with Crippen molar-refractivity contribution >= 4 is 34.4 Å². The van der Waals surface area contributed by atoms with E-state index in [4.69, 9.17) is 30.5 Å². The molecule has 7 rings (SSSR count). The highest BCUT2D eigenvalue weighted by atomic mass is 35.5. The summed E-state index contributed by atoms with van der Waals surface area (Å²) in [7, 11) is 1.29. The molecule has 4 aliphatic rings. The fourth-order valence-electron chi connectivity index (χ4n) is 8.71. The van der Waals surface area contributed by atoms with Crippen molar-refractivity contribution in [3.05, 3.63) is 40.4 Å². The highest BCUT2D eigenvalue weighted by molar-refractivity contribution is 6.32. The van der Waals surface area contributed by atoms with Crippen LogP contribution >= 0.6 is 11.6 Å². The summed E-state index contributed by atoms with van der Waals surface area (Å²) >= 11 is 6.09. The van der Waals surface area contributed by atoms with Crippen molar-refractivity contribution in [2.75, 3.05) is 51.6 Å². The second kappa shape index (κ2) is 13.8. The van der Waals surface area contributed by atoms with Crippen LogP contribution < -0.4 is 14.4 Å². The van der Waals surface area contributed by atoms with Gasteiger partial charge in [0.1, 0.15) is 41.3 Å². The highest BCUT2D eigenvalue weighted by Gasteiger charge is 2.53. The zero-order chi connectivity index (χ0) is 39.0. The molecule has 0 unspecified atom stereocenters. The summed E-state index contributed by atoms with van der Waals surface area (Å²) < 4.78 is 113. The Balaban J connectivity index is 1.36. The molecule has 3 aromatic rings. The predicted molar refractivity (Wildman–Crippen MR) is 188 cm³/mol. The minimum atomic E-state index is -5.12. The van der Waals surface area contributed by atoms with E-state index >= 15 is 8.78 Å². The van der Waals surface area contributed by atoms with Crippen LogP contribution in [-0.2, 0) is 15.7 Å². The first-order valence-corrected chi connectivity index (χ1v) is 18.2. The minimum absolute atomic E-state index is 0.0203. The van der Waals surface area contributed by atoms with Gasteiger partial charge in [-0.2, -0.15) is 23.1 Å². The predicted octanol–water partition coefficient (Wildman–Crippen LogP) is 8.16. The van der Waals surface area contributed by atoms with Crippen LogP contribution in [0.15, 0.2) is 18.2 Å². The molecule has 4 saturated heterocycles. The van der Waals surface area contributed by atoms with E-state index in [1.54, 1.807) is 30.6 Å². The van der Waals surface area contributed by atoms with Crippen LogP contribution in [0.2, 0.25) is 5.02 Å². The van der Waals surface area contributed by atoms with Gasteiger partial charge in [-0.1, -0.05) is 11.6 Å². The molecule has 0 spiro atoms. The molecule has 1 aromatic heterocycles. The lowest BCUT2D eigenvalue weighted by Gasteiger charge is -2.47. The largest absolute Gasteiger partial charge is 0.467 e. The van der Waals surface area contributed by atoms with Gasteiger partial charge in [-0.25, -0.2) is 18.0 Å². The summed E-state index contributed by atoms with van der Waals surface area (Å²) in [6, 6.07) is 1.97. The maximum absolute atomic E-state index is 17.0. The summed E-state index contributed by atoms with van der Waals surface area (Å²) in [4.78, 5) is 27.9.